The lowest BCUT2D eigenvalue weighted by Crippen LogP contribution is -1.93. The molecule has 0 spiro atoms. The summed E-state index contributed by atoms with van der Waals surface area (Å²) in [6, 6.07) is 2.11. The largest absolute Gasteiger partial charge is 0.381 e. The Morgan fingerprint density at radius 2 is 2.25 bits per heavy atom. The van der Waals surface area contributed by atoms with Crippen molar-refractivity contribution in [2.45, 2.75) is 6.92 Å². The van der Waals surface area contributed by atoms with Gasteiger partial charge in [-0.05, 0) is 18.6 Å². The standard InChI is InChI=1S/C11H12N4S/c1-7-3-4-14(2)9(7)8-5-16-11-10(12)13-6-15(8)11/h3-6H,12H2,1-2H3. The lowest BCUT2D eigenvalue weighted by atomic mass is 10.2. The summed E-state index contributed by atoms with van der Waals surface area (Å²) in [4.78, 5) is 5.14. The van der Waals surface area contributed by atoms with Crippen LogP contribution in [0.1, 0.15) is 5.56 Å². The van der Waals surface area contributed by atoms with E-state index in [1.165, 1.54) is 11.3 Å². The van der Waals surface area contributed by atoms with E-state index in [-0.39, 0.29) is 0 Å². The molecule has 0 fully saturated rings. The first-order chi connectivity index (χ1) is 7.68. The number of fused-ring (bicyclic) bond motifs is 1. The van der Waals surface area contributed by atoms with E-state index in [4.69, 9.17) is 5.73 Å². The molecular formula is C11H12N4S. The zero-order chi connectivity index (χ0) is 11.3. The van der Waals surface area contributed by atoms with Crippen LogP contribution in [0.4, 0.5) is 5.82 Å². The summed E-state index contributed by atoms with van der Waals surface area (Å²) in [5, 5.41) is 2.12. The Balaban J connectivity index is 2.34. The number of rotatable bonds is 1. The van der Waals surface area contributed by atoms with Crippen LogP contribution < -0.4 is 5.73 Å². The van der Waals surface area contributed by atoms with E-state index in [2.05, 4.69) is 34.1 Å². The Morgan fingerprint density at radius 1 is 1.44 bits per heavy atom. The first-order valence-corrected chi connectivity index (χ1v) is 5.89. The minimum absolute atomic E-state index is 0.600. The van der Waals surface area contributed by atoms with Gasteiger partial charge in [-0.25, -0.2) is 4.98 Å². The van der Waals surface area contributed by atoms with Crippen LogP contribution in [-0.2, 0) is 7.05 Å². The van der Waals surface area contributed by atoms with Crippen LogP contribution in [0.15, 0.2) is 24.0 Å². The van der Waals surface area contributed by atoms with E-state index < -0.39 is 0 Å². The Hall–Kier alpha value is -1.75. The molecule has 0 radical (unpaired) electrons. The number of nitrogen functional groups attached to an aromatic ring is 1. The maximum absolute atomic E-state index is 5.79. The summed E-state index contributed by atoms with van der Waals surface area (Å²) in [6.07, 6.45) is 3.84. The molecule has 0 aliphatic rings. The number of anilines is 1. The first-order valence-electron chi connectivity index (χ1n) is 5.01. The third kappa shape index (κ3) is 1.12. The van der Waals surface area contributed by atoms with Crippen molar-refractivity contribution in [3.63, 3.8) is 0 Å². The van der Waals surface area contributed by atoms with E-state index in [0.29, 0.717) is 5.82 Å². The number of hydrogen-bond donors (Lipinski definition) is 1. The van der Waals surface area contributed by atoms with E-state index >= 15 is 0 Å². The molecule has 0 aliphatic carbocycles. The van der Waals surface area contributed by atoms with Crippen molar-refractivity contribution in [1.82, 2.24) is 14.0 Å². The molecular weight excluding hydrogens is 220 g/mol. The van der Waals surface area contributed by atoms with Gasteiger partial charge in [0.15, 0.2) is 5.82 Å². The van der Waals surface area contributed by atoms with Crippen LogP contribution in [0.3, 0.4) is 0 Å². The van der Waals surface area contributed by atoms with Gasteiger partial charge in [-0.15, -0.1) is 11.3 Å². The number of aromatic nitrogens is 3. The highest BCUT2D eigenvalue weighted by Crippen LogP contribution is 2.30. The van der Waals surface area contributed by atoms with E-state index in [9.17, 15) is 0 Å². The quantitative estimate of drug-likeness (QED) is 0.699. The van der Waals surface area contributed by atoms with Gasteiger partial charge in [0, 0.05) is 18.6 Å². The Morgan fingerprint density at radius 3 is 2.94 bits per heavy atom. The van der Waals surface area contributed by atoms with Crippen molar-refractivity contribution in [1.29, 1.82) is 0 Å². The molecule has 0 saturated heterocycles. The maximum Gasteiger partial charge on any atom is 0.160 e. The lowest BCUT2D eigenvalue weighted by Gasteiger charge is -2.03. The van der Waals surface area contributed by atoms with Crippen molar-refractivity contribution >= 4 is 22.0 Å². The second-order valence-electron chi connectivity index (χ2n) is 3.88. The molecule has 0 aromatic carbocycles. The van der Waals surface area contributed by atoms with Gasteiger partial charge in [0.25, 0.3) is 0 Å². The molecule has 0 bridgehead atoms. The molecule has 0 amide bonds. The number of nitrogens with zero attached hydrogens (tertiary/aromatic N) is 3. The molecule has 4 nitrogen and oxygen atoms in total. The Kier molecular flexibility index (Phi) is 1.85. The second-order valence-corrected chi connectivity index (χ2v) is 4.74. The van der Waals surface area contributed by atoms with Crippen molar-refractivity contribution in [2.24, 2.45) is 7.05 Å². The van der Waals surface area contributed by atoms with Crippen LogP contribution in [-0.4, -0.2) is 14.0 Å². The summed E-state index contributed by atoms with van der Waals surface area (Å²) in [6.45, 7) is 2.11. The number of nitrogens with two attached hydrogens (primary N) is 1. The number of aryl methyl sites for hydroxylation is 2. The van der Waals surface area contributed by atoms with Gasteiger partial charge in [-0.3, -0.25) is 4.40 Å². The van der Waals surface area contributed by atoms with Crippen LogP contribution >= 0.6 is 11.3 Å². The monoisotopic (exact) mass is 232 g/mol. The topological polar surface area (TPSA) is 48.2 Å². The normalized spacial score (nSPS) is 11.4. The van der Waals surface area contributed by atoms with E-state index in [0.717, 1.165) is 10.5 Å². The fourth-order valence-corrected chi connectivity index (χ4v) is 2.90. The smallest absolute Gasteiger partial charge is 0.160 e. The molecule has 0 atom stereocenters. The SMILES string of the molecule is Cc1ccn(C)c1-c1csc2c(N)ncn12. The van der Waals surface area contributed by atoms with Gasteiger partial charge in [0.1, 0.15) is 11.2 Å². The van der Waals surface area contributed by atoms with Crippen molar-refractivity contribution in [3.8, 4) is 11.4 Å². The minimum atomic E-state index is 0.600. The van der Waals surface area contributed by atoms with Gasteiger partial charge in [-0.2, -0.15) is 0 Å². The fraction of sp³-hybridized carbons (Fsp3) is 0.182. The third-order valence-corrected chi connectivity index (χ3v) is 3.78. The summed E-state index contributed by atoms with van der Waals surface area (Å²) < 4.78 is 4.16. The molecule has 0 saturated carbocycles. The highest BCUT2D eigenvalue weighted by Gasteiger charge is 2.13. The second kappa shape index (κ2) is 3.12. The molecule has 0 aliphatic heterocycles. The molecule has 5 heteroatoms. The number of imidazole rings is 1. The van der Waals surface area contributed by atoms with Crippen molar-refractivity contribution < 1.29 is 0 Å². The molecule has 3 heterocycles. The highest BCUT2D eigenvalue weighted by molar-refractivity contribution is 7.16. The van der Waals surface area contributed by atoms with Gasteiger partial charge in [-0.1, -0.05) is 0 Å². The zero-order valence-corrected chi connectivity index (χ0v) is 9.95. The molecule has 2 N–H and O–H groups in total. The Labute approximate surface area is 97.0 Å². The average molecular weight is 232 g/mol. The van der Waals surface area contributed by atoms with Crippen molar-refractivity contribution in [3.05, 3.63) is 29.5 Å². The maximum atomic E-state index is 5.79. The predicted molar refractivity (Wildman–Crippen MR) is 66.6 cm³/mol. The van der Waals surface area contributed by atoms with Crippen LogP contribution in [0.5, 0.6) is 0 Å². The predicted octanol–water partition coefficient (Wildman–Crippen LogP) is 2.29. The van der Waals surface area contributed by atoms with Crippen molar-refractivity contribution in [2.75, 3.05) is 5.73 Å². The molecule has 3 aromatic heterocycles. The first kappa shape index (κ1) is 9.47. The van der Waals surface area contributed by atoms with Crippen LogP contribution in [0.25, 0.3) is 16.2 Å². The van der Waals surface area contributed by atoms with Gasteiger partial charge in [0.05, 0.1) is 11.4 Å². The van der Waals surface area contributed by atoms with E-state index in [1.807, 2.05) is 11.4 Å². The van der Waals surface area contributed by atoms with Gasteiger partial charge >= 0.3 is 0 Å². The van der Waals surface area contributed by atoms with Gasteiger partial charge in [0.2, 0.25) is 0 Å². The van der Waals surface area contributed by atoms with Crippen LogP contribution in [0, 0.1) is 6.92 Å². The molecule has 3 rings (SSSR count). The molecule has 16 heavy (non-hydrogen) atoms. The lowest BCUT2D eigenvalue weighted by molar-refractivity contribution is 0.924. The minimum Gasteiger partial charge on any atom is -0.381 e. The molecule has 3 aromatic rings. The number of hydrogen-bond acceptors (Lipinski definition) is 3. The summed E-state index contributed by atoms with van der Waals surface area (Å²) in [5.41, 5.74) is 9.41. The summed E-state index contributed by atoms with van der Waals surface area (Å²) >= 11 is 1.62. The van der Waals surface area contributed by atoms with Gasteiger partial charge < -0.3 is 10.3 Å². The summed E-state index contributed by atoms with van der Waals surface area (Å²) in [5.74, 6) is 0.600. The fourth-order valence-electron chi connectivity index (χ4n) is 2.02. The average Bonchev–Trinajstić information content (AvgIpc) is 2.88. The molecule has 82 valence electrons. The Bertz CT molecular complexity index is 639. The number of thiazole rings is 1. The third-order valence-electron chi connectivity index (χ3n) is 2.81. The summed E-state index contributed by atoms with van der Waals surface area (Å²) in [7, 11) is 2.05. The van der Waals surface area contributed by atoms with E-state index in [1.54, 1.807) is 17.7 Å². The van der Waals surface area contributed by atoms with Crippen LogP contribution in [0.2, 0.25) is 0 Å². The highest BCUT2D eigenvalue weighted by atomic mass is 32.1. The zero-order valence-electron chi connectivity index (χ0n) is 9.14. The molecule has 0 unspecified atom stereocenters.